The molecule has 0 aliphatic rings. The second kappa shape index (κ2) is 6.80. The van der Waals surface area contributed by atoms with Crippen LogP contribution in [-0.4, -0.2) is 12.5 Å². The molecular formula is C16H15F2NO. The minimum absolute atomic E-state index is 0.0654. The van der Waals surface area contributed by atoms with Crippen LogP contribution in [-0.2, 0) is 11.2 Å². The van der Waals surface area contributed by atoms with Gasteiger partial charge in [0.05, 0.1) is 13.0 Å². The van der Waals surface area contributed by atoms with Crippen LogP contribution in [0, 0.1) is 5.82 Å². The first-order valence-corrected chi connectivity index (χ1v) is 6.35. The maximum absolute atomic E-state index is 13.8. The SMILES string of the molecule is O=C(Cc1ccc(F)cc1)NCC(F)c1ccccc1. The Balaban J connectivity index is 1.82. The molecule has 0 spiro atoms. The number of hydrogen-bond acceptors (Lipinski definition) is 1. The van der Waals surface area contributed by atoms with Gasteiger partial charge < -0.3 is 5.32 Å². The molecule has 2 aromatic rings. The number of hydrogen-bond donors (Lipinski definition) is 1. The maximum atomic E-state index is 13.8. The van der Waals surface area contributed by atoms with E-state index in [1.54, 1.807) is 36.4 Å². The highest BCUT2D eigenvalue weighted by atomic mass is 19.1. The molecule has 1 atom stereocenters. The summed E-state index contributed by atoms with van der Waals surface area (Å²) in [6.45, 7) is -0.0654. The number of carbonyl (C=O) groups excluding carboxylic acids is 1. The molecule has 0 aromatic heterocycles. The zero-order valence-corrected chi connectivity index (χ0v) is 10.9. The van der Waals surface area contributed by atoms with E-state index in [1.807, 2.05) is 6.07 Å². The normalized spacial score (nSPS) is 11.9. The van der Waals surface area contributed by atoms with Crippen LogP contribution in [0.4, 0.5) is 8.78 Å². The van der Waals surface area contributed by atoms with Crippen molar-refractivity contribution < 1.29 is 13.6 Å². The summed E-state index contributed by atoms with van der Waals surface area (Å²) in [6.07, 6.45) is -1.12. The molecule has 0 saturated carbocycles. The van der Waals surface area contributed by atoms with Gasteiger partial charge in [-0.05, 0) is 23.3 Å². The highest BCUT2D eigenvalue weighted by Crippen LogP contribution is 2.15. The number of carbonyl (C=O) groups is 1. The first-order valence-electron chi connectivity index (χ1n) is 6.35. The molecule has 0 radical (unpaired) electrons. The standard InChI is InChI=1S/C16H15F2NO/c17-14-8-6-12(7-9-14)10-16(20)19-11-15(18)13-4-2-1-3-5-13/h1-9,15H,10-11H2,(H,19,20). The summed E-state index contributed by atoms with van der Waals surface area (Å²) >= 11 is 0. The van der Waals surface area contributed by atoms with Gasteiger partial charge in [0.15, 0.2) is 0 Å². The smallest absolute Gasteiger partial charge is 0.224 e. The van der Waals surface area contributed by atoms with Crippen molar-refractivity contribution in [1.29, 1.82) is 0 Å². The summed E-state index contributed by atoms with van der Waals surface area (Å²) in [6, 6.07) is 14.3. The lowest BCUT2D eigenvalue weighted by Gasteiger charge is -2.10. The van der Waals surface area contributed by atoms with Crippen molar-refractivity contribution in [1.82, 2.24) is 5.32 Å². The summed E-state index contributed by atoms with van der Waals surface area (Å²) < 4.78 is 26.5. The predicted octanol–water partition coefficient (Wildman–Crippen LogP) is 3.20. The summed E-state index contributed by atoms with van der Waals surface area (Å²) in [5.41, 5.74) is 1.23. The van der Waals surface area contributed by atoms with Gasteiger partial charge in [0.1, 0.15) is 12.0 Å². The molecule has 0 bridgehead atoms. The largest absolute Gasteiger partial charge is 0.353 e. The topological polar surface area (TPSA) is 29.1 Å². The first-order chi connectivity index (χ1) is 9.65. The number of nitrogens with one attached hydrogen (secondary N) is 1. The Morgan fingerprint density at radius 2 is 1.70 bits per heavy atom. The van der Waals surface area contributed by atoms with E-state index in [0.717, 1.165) is 0 Å². The van der Waals surface area contributed by atoms with E-state index in [0.29, 0.717) is 11.1 Å². The highest BCUT2D eigenvalue weighted by Gasteiger charge is 2.11. The average molecular weight is 275 g/mol. The van der Waals surface area contributed by atoms with E-state index in [-0.39, 0.29) is 24.7 Å². The molecule has 1 N–H and O–H groups in total. The Morgan fingerprint density at radius 3 is 2.35 bits per heavy atom. The Morgan fingerprint density at radius 1 is 1.05 bits per heavy atom. The average Bonchev–Trinajstić information content (AvgIpc) is 2.48. The Bertz CT molecular complexity index is 554. The van der Waals surface area contributed by atoms with Crippen LogP contribution < -0.4 is 5.32 Å². The van der Waals surface area contributed by atoms with Gasteiger partial charge in [-0.25, -0.2) is 8.78 Å². The van der Waals surface area contributed by atoms with E-state index >= 15 is 0 Å². The zero-order valence-electron chi connectivity index (χ0n) is 10.9. The maximum Gasteiger partial charge on any atom is 0.224 e. The van der Waals surface area contributed by atoms with Crippen molar-refractivity contribution in [2.24, 2.45) is 0 Å². The van der Waals surface area contributed by atoms with Crippen molar-refractivity contribution in [2.75, 3.05) is 6.54 Å². The second-order valence-corrected chi connectivity index (χ2v) is 4.49. The predicted molar refractivity (Wildman–Crippen MR) is 73.4 cm³/mol. The van der Waals surface area contributed by atoms with Crippen molar-refractivity contribution in [3.05, 3.63) is 71.5 Å². The van der Waals surface area contributed by atoms with Gasteiger partial charge in [-0.15, -0.1) is 0 Å². The third-order valence-electron chi connectivity index (χ3n) is 2.92. The van der Waals surface area contributed by atoms with Gasteiger partial charge in [-0.3, -0.25) is 4.79 Å². The van der Waals surface area contributed by atoms with Crippen LogP contribution in [0.2, 0.25) is 0 Å². The molecule has 20 heavy (non-hydrogen) atoms. The van der Waals surface area contributed by atoms with Gasteiger partial charge in [0.25, 0.3) is 0 Å². The van der Waals surface area contributed by atoms with Crippen molar-refractivity contribution in [2.45, 2.75) is 12.6 Å². The van der Waals surface area contributed by atoms with E-state index in [1.165, 1.54) is 12.1 Å². The quantitative estimate of drug-likeness (QED) is 0.892. The Kier molecular flexibility index (Phi) is 4.82. The monoisotopic (exact) mass is 275 g/mol. The van der Waals surface area contributed by atoms with E-state index in [9.17, 15) is 13.6 Å². The van der Waals surface area contributed by atoms with Crippen molar-refractivity contribution in [3.8, 4) is 0 Å². The van der Waals surface area contributed by atoms with Crippen LogP contribution >= 0.6 is 0 Å². The van der Waals surface area contributed by atoms with Gasteiger partial charge in [0, 0.05) is 0 Å². The molecule has 4 heteroatoms. The van der Waals surface area contributed by atoms with Crippen LogP contribution in [0.3, 0.4) is 0 Å². The molecular weight excluding hydrogens is 260 g/mol. The number of benzene rings is 2. The van der Waals surface area contributed by atoms with Crippen molar-refractivity contribution in [3.63, 3.8) is 0 Å². The summed E-state index contributed by atoms with van der Waals surface area (Å²) in [7, 11) is 0. The van der Waals surface area contributed by atoms with Crippen molar-refractivity contribution >= 4 is 5.91 Å². The summed E-state index contributed by atoms with van der Waals surface area (Å²) in [4.78, 5) is 11.7. The lowest BCUT2D eigenvalue weighted by molar-refractivity contribution is -0.120. The molecule has 1 amide bonds. The summed E-state index contributed by atoms with van der Waals surface area (Å²) in [5, 5.41) is 2.54. The molecule has 104 valence electrons. The fourth-order valence-electron chi connectivity index (χ4n) is 1.83. The highest BCUT2D eigenvalue weighted by molar-refractivity contribution is 5.78. The Labute approximate surface area is 116 Å². The lowest BCUT2D eigenvalue weighted by atomic mass is 10.1. The van der Waals surface area contributed by atoms with E-state index in [2.05, 4.69) is 5.32 Å². The van der Waals surface area contributed by atoms with Crippen LogP contribution in [0.5, 0.6) is 0 Å². The van der Waals surface area contributed by atoms with Gasteiger partial charge in [-0.1, -0.05) is 42.5 Å². The van der Waals surface area contributed by atoms with Crippen LogP contribution in [0.25, 0.3) is 0 Å². The van der Waals surface area contributed by atoms with Gasteiger partial charge >= 0.3 is 0 Å². The molecule has 0 aliphatic heterocycles. The zero-order chi connectivity index (χ0) is 14.4. The third-order valence-corrected chi connectivity index (χ3v) is 2.92. The first kappa shape index (κ1) is 14.2. The fourth-order valence-corrected chi connectivity index (χ4v) is 1.83. The number of amides is 1. The molecule has 0 saturated heterocycles. The minimum Gasteiger partial charge on any atom is -0.353 e. The molecule has 2 aromatic carbocycles. The molecule has 2 nitrogen and oxygen atoms in total. The second-order valence-electron chi connectivity index (χ2n) is 4.49. The number of alkyl halides is 1. The van der Waals surface area contributed by atoms with Crippen LogP contribution in [0.1, 0.15) is 17.3 Å². The van der Waals surface area contributed by atoms with E-state index in [4.69, 9.17) is 0 Å². The third kappa shape index (κ3) is 4.16. The minimum atomic E-state index is -1.23. The Hall–Kier alpha value is -2.23. The molecule has 0 heterocycles. The lowest BCUT2D eigenvalue weighted by Crippen LogP contribution is -2.28. The van der Waals surface area contributed by atoms with Gasteiger partial charge in [0.2, 0.25) is 5.91 Å². The molecule has 2 rings (SSSR count). The summed E-state index contributed by atoms with van der Waals surface area (Å²) in [5.74, 6) is -0.628. The molecule has 0 aliphatic carbocycles. The number of halogens is 2. The molecule has 1 unspecified atom stereocenters. The fraction of sp³-hybridized carbons (Fsp3) is 0.188. The number of rotatable bonds is 5. The molecule has 0 fully saturated rings. The van der Waals surface area contributed by atoms with Gasteiger partial charge in [-0.2, -0.15) is 0 Å². The van der Waals surface area contributed by atoms with Crippen LogP contribution in [0.15, 0.2) is 54.6 Å². The van der Waals surface area contributed by atoms with E-state index < -0.39 is 6.17 Å².